The maximum atomic E-state index is 13.2. The number of morpholine rings is 1. The van der Waals surface area contributed by atoms with Crippen molar-refractivity contribution in [2.45, 2.75) is 4.90 Å². The van der Waals surface area contributed by atoms with E-state index in [1.54, 1.807) is 11.0 Å². The minimum Gasteiger partial charge on any atom is -0.378 e. The number of sulfonamides is 1. The predicted octanol–water partition coefficient (Wildman–Crippen LogP) is 2.10. The molecule has 25 heavy (non-hydrogen) atoms. The van der Waals surface area contributed by atoms with Gasteiger partial charge in [0.2, 0.25) is 0 Å². The maximum Gasteiger partial charge on any atom is 0.261 e. The standard InChI is InChI=1S/C17H17FN2O4S/c18-14-4-2-5-15(12-14)19-25(22,23)16-6-1-3-13(11-16)17(21)20-7-9-24-10-8-20/h1-6,11-12,19H,7-10H2. The molecule has 3 rings (SSSR count). The van der Waals surface area contributed by atoms with E-state index in [2.05, 4.69) is 4.72 Å². The predicted molar refractivity (Wildman–Crippen MR) is 90.4 cm³/mol. The molecule has 0 bridgehead atoms. The molecule has 0 spiro atoms. The van der Waals surface area contributed by atoms with Crippen LogP contribution in [0, 0.1) is 5.82 Å². The summed E-state index contributed by atoms with van der Waals surface area (Å²) in [5, 5.41) is 0. The van der Waals surface area contributed by atoms with Crippen LogP contribution < -0.4 is 4.72 Å². The number of nitrogens with zero attached hydrogens (tertiary/aromatic N) is 1. The molecule has 2 aromatic rings. The normalized spacial score (nSPS) is 15.0. The number of rotatable bonds is 4. The van der Waals surface area contributed by atoms with E-state index in [1.807, 2.05) is 0 Å². The van der Waals surface area contributed by atoms with Gasteiger partial charge in [0.25, 0.3) is 15.9 Å². The van der Waals surface area contributed by atoms with E-state index >= 15 is 0 Å². The van der Waals surface area contributed by atoms with Crippen molar-refractivity contribution in [3.63, 3.8) is 0 Å². The molecule has 6 nitrogen and oxygen atoms in total. The van der Waals surface area contributed by atoms with Gasteiger partial charge in [-0.25, -0.2) is 12.8 Å². The van der Waals surface area contributed by atoms with E-state index < -0.39 is 15.8 Å². The fourth-order valence-electron chi connectivity index (χ4n) is 2.51. The highest BCUT2D eigenvalue weighted by molar-refractivity contribution is 7.92. The zero-order valence-corrected chi connectivity index (χ0v) is 14.1. The van der Waals surface area contributed by atoms with Gasteiger partial charge in [-0.05, 0) is 36.4 Å². The summed E-state index contributed by atoms with van der Waals surface area (Å²) in [5.41, 5.74) is 0.397. The maximum absolute atomic E-state index is 13.2. The van der Waals surface area contributed by atoms with E-state index in [-0.39, 0.29) is 22.1 Å². The van der Waals surface area contributed by atoms with E-state index in [1.165, 1.54) is 36.4 Å². The Balaban J connectivity index is 1.83. The van der Waals surface area contributed by atoms with Gasteiger partial charge in [-0.1, -0.05) is 12.1 Å². The van der Waals surface area contributed by atoms with Crippen LogP contribution >= 0.6 is 0 Å². The second-order valence-corrected chi connectivity index (χ2v) is 7.23. The quantitative estimate of drug-likeness (QED) is 0.901. The molecule has 2 aromatic carbocycles. The number of benzene rings is 2. The van der Waals surface area contributed by atoms with E-state index in [0.717, 1.165) is 6.07 Å². The molecular weight excluding hydrogens is 347 g/mol. The lowest BCUT2D eigenvalue weighted by molar-refractivity contribution is 0.0302. The van der Waals surface area contributed by atoms with Crippen molar-refractivity contribution >= 4 is 21.6 Å². The summed E-state index contributed by atoms with van der Waals surface area (Å²) in [6.07, 6.45) is 0. The fraction of sp³-hybridized carbons (Fsp3) is 0.235. The van der Waals surface area contributed by atoms with Gasteiger partial charge in [0.15, 0.2) is 0 Å². The van der Waals surface area contributed by atoms with Crippen LogP contribution in [0.25, 0.3) is 0 Å². The smallest absolute Gasteiger partial charge is 0.261 e. The molecule has 0 unspecified atom stereocenters. The number of carbonyl (C=O) groups is 1. The second kappa shape index (κ2) is 7.20. The van der Waals surface area contributed by atoms with Crippen molar-refractivity contribution in [3.05, 3.63) is 59.9 Å². The first-order chi connectivity index (χ1) is 12.0. The van der Waals surface area contributed by atoms with Gasteiger partial charge in [0.05, 0.1) is 23.8 Å². The molecule has 0 radical (unpaired) electrons. The highest BCUT2D eigenvalue weighted by atomic mass is 32.2. The Morgan fingerprint density at radius 3 is 2.52 bits per heavy atom. The molecular formula is C17H17FN2O4S. The van der Waals surface area contributed by atoms with Gasteiger partial charge in [0, 0.05) is 18.7 Å². The molecule has 1 aliphatic heterocycles. The van der Waals surface area contributed by atoms with Crippen LogP contribution in [-0.2, 0) is 14.8 Å². The number of ether oxygens (including phenoxy) is 1. The summed E-state index contributed by atoms with van der Waals surface area (Å²) in [7, 11) is -3.93. The Labute approximate surface area is 145 Å². The lowest BCUT2D eigenvalue weighted by Crippen LogP contribution is -2.40. The van der Waals surface area contributed by atoms with Gasteiger partial charge in [0.1, 0.15) is 5.82 Å². The van der Waals surface area contributed by atoms with Gasteiger partial charge < -0.3 is 9.64 Å². The van der Waals surface area contributed by atoms with Crippen LogP contribution in [0.3, 0.4) is 0 Å². The second-order valence-electron chi connectivity index (χ2n) is 5.55. The minimum absolute atomic E-state index is 0.0594. The average molecular weight is 364 g/mol. The molecule has 0 saturated carbocycles. The monoisotopic (exact) mass is 364 g/mol. The Morgan fingerprint density at radius 1 is 1.08 bits per heavy atom. The number of hydrogen-bond acceptors (Lipinski definition) is 4. The van der Waals surface area contributed by atoms with Crippen molar-refractivity contribution < 1.29 is 22.3 Å². The Kier molecular flexibility index (Phi) is 5.00. The van der Waals surface area contributed by atoms with Crippen LogP contribution in [0.4, 0.5) is 10.1 Å². The fourth-order valence-corrected chi connectivity index (χ4v) is 3.61. The molecule has 0 aromatic heterocycles. The number of hydrogen-bond donors (Lipinski definition) is 1. The lowest BCUT2D eigenvalue weighted by Gasteiger charge is -2.27. The van der Waals surface area contributed by atoms with Gasteiger partial charge >= 0.3 is 0 Å². The first kappa shape index (κ1) is 17.4. The van der Waals surface area contributed by atoms with Crippen molar-refractivity contribution in [2.75, 3.05) is 31.0 Å². The summed E-state index contributed by atoms with van der Waals surface area (Å²) in [6.45, 7) is 1.87. The summed E-state index contributed by atoms with van der Waals surface area (Å²) >= 11 is 0. The molecule has 1 heterocycles. The van der Waals surface area contributed by atoms with Crippen LogP contribution in [0.15, 0.2) is 53.4 Å². The van der Waals surface area contributed by atoms with Crippen molar-refractivity contribution in [1.29, 1.82) is 0 Å². The summed E-state index contributed by atoms with van der Waals surface area (Å²) in [4.78, 5) is 14.0. The third-order valence-corrected chi connectivity index (χ3v) is 5.15. The number of anilines is 1. The number of amides is 1. The van der Waals surface area contributed by atoms with Crippen LogP contribution in [0.2, 0.25) is 0 Å². The third-order valence-electron chi connectivity index (χ3n) is 3.77. The molecule has 1 amide bonds. The molecule has 1 aliphatic rings. The number of carbonyl (C=O) groups excluding carboxylic acids is 1. The topological polar surface area (TPSA) is 75.7 Å². The lowest BCUT2D eigenvalue weighted by atomic mass is 10.2. The SMILES string of the molecule is O=C(c1cccc(S(=O)(=O)Nc2cccc(F)c2)c1)N1CCOCC1. The molecule has 1 N–H and O–H groups in total. The van der Waals surface area contributed by atoms with E-state index in [9.17, 15) is 17.6 Å². The van der Waals surface area contributed by atoms with E-state index in [4.69, 9.17) is 4.74 Å². The Bertz CT molecular complexity index is 880. The Morgan fingerprint density at radius 2 is 1.80 bits per heavy atom. The molecule has 0 aliphatic carbocycles. The highest BCUT2D eigenvalue weighted by Crippen LogP contribution is 2.19. The van der Waals surface area contributed by atoms with Gasteiger partial charge in [-0.2, -0.15) is 0 Å². The zero-order valence-electron chi connectivity index (χ0n) is 13.3. The minimum atomic E-state index is -3.93. The summed E-state index contributed by atoms with van der Waals surface area (Å²) in [6, 6.07) is 10.9. The Hall–Kier alpha value is -2.45. The van der Waals surface area contributed by atoms with Crippen molar-refractivity contribution in [1.82, 2.24) is 4.90 Å². The van der Waals surface area contributed by atoms with Crippen LogP contribution in [0.1, 0.15) is 10.4 Å². The number of nitrogens with one attached hydrogen (secondary N) is 1. The number of halogens is 1. The van der Waals surface area contributed by atoms with Crippen LogP contribution in [-0.4, -0.2) is 45.5 Å². The molecule has 1 fully saturated rings. The van der Waals surface area contributed by atoms with Crippen molar-refractivity contribution in [2.24, 2.45) is 0 Å². The van der Waals surface area contributed by atoms with E-state index in [0.29, 0.717) is 26.3 Å². The average Bonchev–Trinajstić information content (AvgIpc) is 2.61. The largest absolute Gasteiger partial charge is 0.378 e. The first-order valence-corrected chi connectivity index (χ1v) is 9.19. The van der Waals surface area contributed by atoms with Gasteiger partial charge in [-0.15, -0.1) is 0 Å². The van der Waals surface area contributed by atoms with Crippen LogP contribution in [0.5, 0.6) is 0 Å². The molecule has 1 saturated heterocycles. The summed E-state index contributed by atoms with van der Waals surface area (Å²) < 4.78 is 45.7. The molecule has 132 valence electrons. The first-order valence-electron chi connectivity index (χ1n) is 7.71. The van der Waals surface area contributed by atoms with Gasteiger partial charge in [-0.3, -0.25) is 9.52 Å². The zero-order chi connectivity index (χ0) is 17.9. The molecule has 0 atom stereocenters. The third kappa shape index (κ3) is 4.15. The molecule has 8 heteroatoms. The van der Waals surface area contributed by atoms with Crippen molar-refractivity contribution in [3.8, 4) is 0 Å². The summed E-state index contributed by atoms with van der Waals surface area (Å²) in [5.74, 6) is -0.789. The highest BCUT2D eigenvalue weighted by Gasteiger charge is 2.21.